The number of carbonyl (C=O) groups excluding carboxylic acids is 1. The number of aromatic nitrogens is 5. The van der Waals surface area contributed by atoms with E-state index in [0.29, 0.717) is 17.6 Å². The number of amides is 1. The van der Waals surface area contributed by atoms with Gasteiger partial charge in [-0.05, 0) is 43.5 Å². The van der Waals surface area contributed by atoms with Crippen molar-refractivity contribution >= 4 is 5.91 Å². The number of nitrogens with one attached hydrogen (secondary N) is 2. The van der Waals surface area contributed by atoms with Crippen LogP contribution in [0, 0.1) is 6.92 Å². The fraction of sp³-hybridized carbons (Fsp3) is 0.500. The summed E-state index contributed by atoms with van der Waals surface area (Å²) in [6.07, 6.45) is 5.01. The summed E-state index contributed by atoms with van der Waals surface area (Å²) in [5.74, 6) is 0.290. The highest BCUT2D eigenvalue weighted by atomic mass is 16.2. The van der Waals surface area contributed by atoms with Gasteiger partial charge < -0.3 is 0 Å². The summed E-state index contributed by atoms with van der Waals surface area (Å²) in [6, 6.07) is 2.20. The highest BCUT2D eigenvalue weighted by molar-refractivity contribution is 5.93. The molecule has 0 spiro atoms. The molecule has 8 heteroatoms. The fourth-order valence-corrected chi connectivity index (χ4v) is 2.67. The summed E-state index contributed by atoms with van der Waals surface area (Å²) in [5, 5.41) is 15.7. The van der Waals surface area contributed by atoms with Crippen LogP contribution < -0.4 is 5.43 Å². The quantitative estimate of drug-likeness (QED) is 0.880. The van der Waals surface area contributed by atoms with E-state index in [1.165, 1.54) is 6.42 Å². The molecule has 1 aliphatic heterocycles. The highest BCUT2D eigenvalue weighted by Crippen LogP contribution is 2.17. The Kier molecular flexibility index (Phi) is 4.10. The maximum absolute atomic E-state index is 12.4. The molecule has 22 heavy (non-hydrogen) atoms. The van der Waals surface area contributed by atoms with Crippen molar-refractivity contribution in [2.75, 3.05) is 6.54 Å². The monoisotopic (exact) mass is 301 g/mol. The van der Waals surface area contributed by atoms with E-state index < -0.39 is 0 Å². The molecule has 1 amide bonds. The topological polar surface area (TPSA) is 99.7 Å². The lowest BCUT2D eigenvalue weighted by atomic mass is 10.1. The molecule has 1 unspecified atom stereocenters. The number of pyridine rings is 1. The third kappa shape index (κ3) is 2.96. The molecule has 0 radical (unpaired) electrons. The van der Waals surface area contributed by atoms with Gasteiger partial charge in [0.2, 0.25) is 5.82 Å². The van der Waals surface area contributed by atoms with Crippen molar-refractivity contribution in [3.63, 3.8) is 0 Å². The molecule has 0 aliphatic carbocycles. The van der Waals surface area contributed by atoms with Crippen LogP contribution in [0.2, 0.25) is 0 Å². The number of nitrogens with zero attached hydrogens (tertiary/aromatic N) is 5. The van der Waals surface area contributed by atoms with Crippen LogP contribution in [0.15, 0.2) is 12.3 Å². The number of tetrazole rings is 1. The molecule has 1 saturated heterocycles. The van der Waals surface area contributed by atoms with Crippen molar-refractivity contribution in [2.24, 2.45) is 0 Å². The normalized spacial score (nSPS) is 19.1. The van der Waals surface area contributed by atoms with Gasteiger partial charge in [0.1, 0.15) is 5.69 Å². The van der Waals surface area contributed by atoms with E-state index in [9.17, 15) is 4.79 Å². The number of hydrazine groups is 1. The Labute approximate surface area is 128 Å². The number of aryl methyl sites for hydroxylation is 1. The summed E-state index contributed by atoms with van der Waals surface area (Å²) < 4.78 is 0. The van der Waals surface area contributed by atoms with Gasteiger partial charge in [-0.15, -0.1) is 10.2 Å². The third-order valence-electron chi connectivity index (χ3n) is 3.95. The molecule has 2 N–H and O–H groups in total. The van der Waals surface area contributed by atoms with Gasteiger partial charge in [-0.2, -0.15) is 5.21 Å². The van der Waals surface area contributed by atoms with Crippen molar-refractivity contribution in [3.05, 3.63) is 23.5 Å². The van der Waals surface area contributed by atoms with Crippen LogP contribution in [-0.4, -0.2) is 49.1 Å². The largest absolute Gasteiger partial charge is 0.284 e. The van der Waals surface area contributed by atoms with Crippen molar-refractivity contribution in [1.29, 1.82) is 0 Å². The molecule has 1 fully saturated rings. The molecule has 2 aromatic heterocycles. The number of H-pyrrole nitrogens is 1. The van der Waals surface area contributed by atoms with E-state index in [-0.39, 0.29) is 5.91 Å². The Morgan fingerprint density at radius 3 is 3.00 bits per heavy atom. The minimum Gasteiger partial charge on any atom is -0.283 e. The first kappa shape index (κ1) is 14.6. The van der Waals surface area contributed by atoms with Gasteiger partial charge in [0.05, 0.1) is 0 Å². The molecule has 8 nitrogen and oxygen atoms in total. The van der Waals surface area contributed by atoms with E-state index >= 15 is 0 Å². The molecule has 1 aliphatic rings. The minimum atomic E-state index is -0.175. The summed E-state index contributed by atoms with van der Waals surface area (Å²) >= 11 is 0. The van der Waals surface area contributed by atoms with Gasteiger partial charge in [-0.25, -0.2) is 9.99 Å². The molecule has 116 valence electrons. The maximum Gasteiger partial charge on any atom is 0.284 e. The molecule has 3 heterocycles. The Bertz CT molecular complexity index is 655. The molecule has 0 saturated carbocycles. The zero-order valence-corrected chi connectivity index (χ0v) is 12.7. The number of aromatic amines is 1. The van der Waals surface area contributed by atoms with Crippen molar-refractivity contribution in [2.45, 2.75) is 39.2 Å². The van der Waals surface area contributed by atoms with Crippen LogP contribution in [0.3, 0.4) is 0 Å². The van der Waals surface area contributed by atoms with Gasteiger partial charge in [0, 0.05) is 24.3 Å². The molecule has 2 aromatic rings. The van der Waals surface area contributed by atoms with E-state index in [0.717, 1.165) is 30.5 Å². The molecular weight excluding hydrogens is 282 g/mol. The number of hydrogen-bond donors (Lipinski definition) is 2. The summed E-state index contributed by atoms with van der Waals surface area (Å²) in [4.78, 5) is 16.7. The standard InChI is InChI=1S/C14H19N7O/c1-9-7-11(13-16-19-20-17-13)8-15-12(9)14(22)18-21-6-4-3-5-10(21)2/h7-8,10H,3-6H2,1-2H3,(H,18,22)(H,16,17,19,20). The van der Waals surface area contributed by atoms with E-state index in [4.69, 9.17) is 0 Å². The lowest BCUT2D eigenvalue weighted by Gasteiger charge is -2.33. The van der Waals surface area contributed by atoms with Gasteiger partial charge in [0.25, 0.3) is 5.91 Å². The molecular formula is C14H19N7O. The zero-order valence-electron chi connectivity index (χ0n) is 12.7. The number of carbonyl (C=O) groups is 1. The Morgan fingerprint density at radius 2 is 2.32 bits per heavy atom. The first-order valence-corrected chi connectivity index (χ1v) is 7.43. The van der Waals surface area contributed by atoms with E-state index in [1.807, 2.05) is 18.0 Å². The summed E-state index contributed by atoms with van der Waals surface area (Å²) in [7, 11) is 0. The fourth-order valence-electron chi connectivity index (χ4n) is 2.67. The first-order chi connectivity index (χ1) is 10.6. The Hall–Kier alpha value is -2.35. The Morgan fingerprint density at radius 1 is 1.45 bits per heavy atom. The second kappa shape index (κ2) is 6.18. The van der Waals surface area contributed by atoms with Crippen LogP contribution in [0.25, 0.3) is 11.4 Å². The molecule has 0 bridgehead atoms. The van der Waals surface area contributed by atoms with Crippen molar-refractivity contribution in [3.8, 4) is 11.4 Å². The predicted molar refractivity (Wildman–Crippen MR) is 79.6 cm³/mol. The number of hydrogen-bond acceptors (Lipinski definition) is 6. The van der Waals surface area contributed by atoms with Gasteiger partial charge >= 0.3 is 0 Å². The van der Waals surface area contributed by atoms with Crippen LogP contribution in [0.5, 0.6) is 0 Å². The smallest absolute Gasteiger partial charge is 0.283 e. The van der Waals surface area contributed by atoms with Crippen LogP contribution >= 0.6 is 0 Å². The summed E-state index contributed by atoms with van der Waals surface area (Å²) in [5.41, 5.74) is 4.90. The lowest BCUT2D eigenvalue weighted by molar-refractivity contribution is 0.0607. The van der Waals surface area contributed by atoms with E-state index in [2.05, 4.69) is 38.0 Å². The van der Waals surface area contributed by atoms with Crippen LogP contribution in [0.1, 0.15) is 42.2 Å². The second-order valence-electron chi connectivity index (χ2n) is 5.60. The number of piperidine rings is 1. The molecule has 3 rings (SSSR count). The molecule has 0 aromatic carbocycles. The second-order valence-corrected chi connectivity index (χ2v) is 5.60. The predicted octanol–water partition coefficient (Wildman–Crippen LogP) is 1.09. The van der Waals surface area contributed by atoms with Crippen molar-refractivity contribution < 1.29 is 4.79 Å². The van der Waals surface area contributed by atoms with Gasteiger partial charge in [-0.3, -0.25) is 10.2 Å². The van der Waals surface area contributed by atoms with Gasteiger partial charge in [-0.1, -0.05) is 6.42 Å². The zero-order chi connectivity index (χ0) is 15.5. The van der Waals surface area contributed by atoms with Crippen LogP contribution in [0.4, 0.5) is 0 Å². The van der Waals surface area contributed by atoms with Crippen molar-refractivity contribution in [1.82, 2.24) is 36.0 Å². The summed E-state index contributed by atoms with van der Waals surface area (Å²) in [6.45, 7) is 4.86. The lowest BCUT2D eigenvalue weighted by Crippen LogP contribution is -2.50. The number of rotatable bonds is 3. The SMILES string of the molecule is Cc1cc(-c2nn[nH]n2)cnc1C(=O)NN1CCCCC1C. The Balaban J connectivity index is 1.75. The average molecular weight is 301 g/mol. The molecule has 1 atom stereocenters. The third-order valence-corrected chi connectivity index (χ3v) is 3.95. The van der Waals surface area contributed by atoms with E-state index in [1.54, 1.807) is 6.20 Å². The minimum absolute atomic E-state index is 0.175. The average Bonchev–Trinajstić information content (AvgIpc) is 3.03. The van der Waals surface area contributed by atoms with Gasteiger partial charge in [0.15, 0.2) is 0 Å². The maximum atomic E-state index is 12.4. The first-order valence-electron chi connectivity index (χ1n) is 7.43. The van der Waals surface area contributed by atoms with Crippen LogP contribution in [-0.2, 0) is 0 Å². The highest BCUT2D eigenvalue weighted by Gasteiger charge is 2.22.